The lowest BCUT2D eigenvalue weighted by atomic mass is 10.3. The van der Waals surface area contributed by atoms with E-state index in [1.165, 1.54) is 4.90 Å². The molecule has 0 aliphatic heterocycles. The number of thioether (sulfide) groups is 1. The summed E-state index contributed by atoms with van der Waals surface area (Å²) in [7, 11) is 0. The first kappa shape index (κ1) is 13.9. The molecule has 0 spiro atoms. The maximum atomic E-state index is 11.8. The number of hydrogen-bond donors (Lipinski definition) is 1. The molecule has 0 unspecified atom stereocenters. The molecular formula is C13H20N2OS. The largest absolute Gasteiger partial charge is 0.375 e. The van der Waals surface area contributed by atoms with E-state index in [2.05, 4.69) is 11.4 Å². The Morgan fingerprint density at radius 1 is 1.29 bits per heavy atom. The number of likely N-dealkylation sites (N-methyl/N-ethyl adjacent to an activating group) is 1. The van der Waals surface area contributed by atoms with Crippen molar-refractivity contribution in [2.45, 2.75) is 18.7 Å². The lowest BCUT2D eigenvalue weighted by Gasteiger charge is -2.19. The minimum atomic E-state index is 0.144. The summed E-state index contributed by atoms with van der Waals surface area (Å²) in [5.74, 6) is 0.144. The number of para-hydroxylation sites is 1. The molecule has 0 bridgehead atoms. The van der Waals surface area contributed by atoms with Crippen LogP contribution in [0.1, 0.15) is 13.8 Å². The maximum Gasteiger partial charge on any atom is 0.241 e. The van der Waals surface area contributed by atoms with Crippen LogP contribution in [-0.2, 0) is 4.79 Å². The second-order valence-electron chi connectivity index (χ2n) is 3.62. The van der Waals surface area contributed by atoms with Gasteiger partial charge in [-0.3, -0.25) is 4.79 Å². The molecule has 1 aromatic carbocycles. The molecule has 0 saturated heterocycles. The number of nitrogens with one attached hydrogen (secondary N) is 1. The van der Waals surface area contributed by atoms with Gasteiger partial charge in [0.25, 0.3) is 0 Å². The van der Waals surface area contributed by atoms with Crippen LogP contribution in [0, 0.1) is 0 Å². The molecule has 0 aliphatic rings. The first-order valence-electron chi connectivity index (χ1n) is 5.87. The highest BCUT2D eigenvalue weighted by Crippen LogP contribution is 2.24. The number of carbonyl (C=O) groups excluding carboxylic acids is 1. The smallest absolute Gasteiger partial charge is 0.241 e. The molecule has 0 aliphatic carbocycles. The Labute approximate surface area is 108 Å². The van der Waals surface area contributed by atoms with Crippen molar-refractivity contribution in [2.24, 2.45) is 0 Å². The monoisotopic (exact) mass is 252 g/mol. The molecule has 4 heteroatoms. The molecule has 0 fully saturated rings. The fourth-order valence-electron chi connectivity index (χ4n) is 1.65. The highest BCUT2D eigenvalue weighted by atomic mass is 32.2. The van der Waals surface area contributed by atoms with Crippen molar-refractivity contribution in [3.8, 4) is 0 Å². The van der Waals surface area contributed by atoms with Crippen molar-refractivity contribution in [2.75, 3.05) is 31.2 Å². The van der Waals surface area contributed by atoms with E-state index < -0.39 is 0 Å². The minimum absolute atomic E-state index is 0.144. The third-order valence-electron chi connectivity index (χ3n) is 2.65. The standard InChI is InChI=1S/C13H20N2OS/c1-4-15(5-2)13(16)10-14-11-8-6-7-9-12(11)17-3/h6-9,14H,4-5,10H2,1-3H3. The molecule has 1 N–H and O–H groups in total. The number of hydrogen-bond acceptors (Lipinski definition) is 3. The summed E-state index contributed by atoms with van der Waals surface area (Å²) in [4.78, 5) is 14.8. The summed E-state index contributed by atoms with van der Waals surface area (Å²) in [6.07, 6.45) is 2.03. The van der Waals surface area contributed by atoms with Gasteiger partial charge in [0, 0.05) is 23.7 Å². The number of rotatable bonds is 6. The van der Waals surface area contributed by atoms with Gasteiger partial charge in [-0.1, -0.05) is 12.1 Å². The van der Waals surface area contributed by atoms with Gasteiger partial charge in [0.15, 0.2) is 0 Å². The van der Waals surface area contributed by atoms with Crippen LogP contribution < -0.4 is 5.32 Å². The summed E-state index contributed by atoms with van der Waals surface area (Å²) in [6, 6.07) is 8.03. The van der Waals surface area contributed by atoms with Gasteiger partial charge in [-0.2, -0.15) is 0 Å². The number of nitrogens with zero attached hydrogens (tertiary/aromatic N) is 1. The molecule has 0 radical (unpaired) electrons. The Kier molecular flexibility index (Phi) is 5.91. The van der Waals surface area contributed by atoms with Crippen LogP contribution >= 0.6 is 11.8 Å². The zero-order chi connectivity index (χ0) is 12.7. The van der Waals surface area contributed by atoms with E-state index in [0.717, 1.165) is 18.8 Å². The molecule has 1 amide bonds. The molecule has 0 atom stereocenters. The summed E-state index contributed by atoms with van der Waals surface area (Å²) in [5, 5.41) is 3.20. The Balaban J connectivity index is 2.58. The van der Waals surface area contributed by atoms with Gasteiger partial charge in [-0.05, 0) is 32.2 Å². The fourth-order valence-corrected chi connectivity index (χ4v) is 2.22. The van der Waals surface area contributed by atoms with E-state index in [4.69, 9.17) is 0 Å². The normalized spacial score (nSPS) is 10.1. The molecule has 0 saturated carbocycles. The third kappa shape index (κ3) is 3.97. The lowest BCUT2D eigenvalue weighted by molar-refractivity contribution is -0.128. The van der Waals surface area contributed by atoms with Crippen LogP contribution in [0.4, 0.5) is 5.69 Å². The van der Waals surface area contributed by atoms with Crippen LogP contribution in [-0.4, -0.2) is 36.7 Å². The van der Waals surface area contributed by atoms with Crippen LogP contribution in [0.25, 0.3) is 0 Å². The van der Waals surface area contributed by atoms with Crippen molar-refractivity contribution in [3.63, 3.8) is 0 Å². The van der Waals surface area contributed by atoms with Crippen molar-refractivity contribution in [3.05, 3.63) is 24.3 Å². The first-order chi connectivity index (χ1) is 8.22. The second-order valence-corrected chi connectivity index (χ2v) is 4.47. The van der Waals surface area contributed by atoms with E-state index in [1.807, 2.05) is 43.2 Å². The summed E-state index contributed by atoms with van der Waals surface area (Å²) in [6.45, 7) is 5.89. The Bertz CT molecular complexity index is 364. The summed E-state index contributed by atoms with van der Waals surface area (Å²) < 4.78 is 0. The first-order valence-corrected chi connectivity index (χ1v) is 7.10. The van der Waals surface area contributed by atoms with Gasteiger partial charge in [0.05, 0.1) is 6.54 Å². The Morgan fingerprint density at radius 2 is 1.94 bits per heavy atom. The Morgan fingerprint density at radius 3 is 2.53 bits per heavy atom. The van der Waals surface area contributed by atoms with E-state index in [-0.39, 0.29) is 5.91 Å². The third-order valence-corrected chi connectivity index (χ3v) is 3.45. The van der Waals surface area contributed by atoms with E-state index in [0.29, 0.717) is 6.54 Å². The van der Waals surface area contributed by atoms with Crippen molar-refractivity contribution < 1.29 is 4.79 Å². The lowest BCUT2D eigenvalue weighted by Crippen LogP contribution is -2.35. The maximum absolute atomic E-state index is 11.8. The predicted octanol–water partition coefficient (Wildman–Crippen LogP) is 2.69. The average molecular weight is 252 g/mol. The highest BCUT2D eigenvalue weighted by molar-refractivity contribution is 7.98. The van der Waals surface area contributed by atoms with Gasteiger partial charge in [0.2, 0.25) is 5.91 Å². The van der Waals surface area contributed by atoms with Crippen molar-refractivity contribution in [1.29, 1.82) is 0 Å². The molecular weight excluding hydrogens is 232 g/mol. The van der Waals surface area contributed by atoms with Gasteiger partial charge >= 0.3 is 0 Å². The molecule has 0 aromatic heterocycles. The van der Waals surface area contributed by atoms with Crippen LogP contribution in [0.5, 0.6) is 0 Å². The van der Waals surface area contributed by atoms with Gasteiger partial charge in [-0.15, -0.1) is 11.8 Å². The van der Waals surface area contributed by atoms with E-state index >= 15 is 0 Å². The number of amides is 1. The number of benzene rings is 1. The molecule has 94 valence electrons. The van der Waals surface area contributed by atoms with Crippen LogP contribution in [0.2, 0.25) is 0 Å². The minimum Gasteiger partial charge on any atom is -0.375 e. The molecule has 1 aromatic rings. The predicted molar refractivity (Wildman–Crippen MR) is 74.6 cm³/mol. The quantitative estimate of drug-likeness (QED) is 0.790. The van der Waals surface area contributed by atoms with E-state index in [9.17, 15) is 4.79 Å². The van der Waals surface area contributed by atoms with Crippen LogP contribution in [0.15, 0.2) is 29.2 Å². The average Bonchev–Trinajstić information content (AvgIpc) is 2.38. The number of anilines is 1. The highest BCUT2D eigenvalue weighted by Gasteiger charge is 2.09. The zero-order valence-electron chi connectivity index (χ0n) is 10.7. The van der Waals surface area contributed by atoms with Gasteiger partial charge in [-0.25, -0.2) is 0 Å². The van der Waals surface area contributed by atoms with E-state index in [1.54, 1.807) is 11.8 Å². The van der Waals surface area contributed by atoms with Crippen LogP contribution in [0.3, 0.4) is 0 Å². The van der Waals surface area contributed by atoms with Crippen molar-refractivity contribution >= 4 is 23.4 Å². The zero-order valence-corrected chi connectivity index (χ0v) is 11.5. The van der Waals surface area contributed by atoms with Gasteiger partial charge in [0.1, 0.15) is 0 Å². The molecule has 3 nitrogen and oxygen atoms in total. The second kappa shape index (κ2) is 7.22. The topological polar surface area (TPSA) is 32.3 Å². The van der Waals surface area contributed by atoms with Gasteiger partial charge < -0.3 is 10.2 Å². The Hall–Kier alpha value is -1.16. The molecule has 17 heavy (non-hydrogen) atoms. The molecule has 0 heterocycles. The van der Waals surface area contributed by atoms with Crippen molar-refractivity contribution in [1.82, 2.24) is 4.90 Å². The summed E-state index contributed by atoms with van der Waals surface area (Å²) in [5.41, 5.74) is 1.03. The summed E-state index contributed by atoms with van der Waals surface area (Å²) >= 11 is 1.68. The number of carbonyl (C=O) groups is 1. The SMILES string of the molecule is CCN(CC)C(=O)CNc1ccccc1SC. The fraction of sp³-hybridized carbons (Fsp3) is 0.462. The molecule has 1 rings (SSSR count).